The molecule has 1 rings (SSSR count). The predicted molar refractivity (Wildman–Crippen MR) is 99.1 cm³/mol. The van der Waals surface area contributed by atoms with Crippen LogP contribution in [0.25, 0.3) is 0 Å². The molecule has 0 spiro atoms. The number of unbranched alkanes of at least 4 members (excludes halogenated alkanes) is 3. The average Bonchev–Trinajstić information content (AvgIpc) is 2.49. The predicted octanol–water partition coefficient (Wildman–Crippen LogP) is 4.41. The van der Waals surface area contributed by atoms with E-state index in [1.54, 1.807) is 0 Å². The summed E-state index contributed by atoms with van der Waals surface area (Å²) in [5.74, 6) is 0. The third-order valence-electron chi connectivity index (χ3n) is 4.54. The Morgan fingerprint density at radius 2 is 1.24 bits per heavy atom. The molecule has 0 aliphatic carbocycles. The van der Waals surface area contributed by atoms with Gasteiger partial charge < -0.3 is 0 Å². The zero-order valence-corrected chi connectivity index (χ0v) is 15.5. The maximum absolute atomic E-state index is 4.02. The molecule has 0 unspecified atom stereocenters. The average molecular weight is 315 g/mol. The molecule has 0 amide bonds. The molecule has 1 heterocycles. The number of rotatable bonds is 12. The van der Waals surface area contributed by atoms with Crippen molar-refractivity contribution in [2.75, 3.05) is 32.0 Å². The second kappa shape index (κ2) is 9.94. The summed E-state index contributed by atoms with van der Waals surface area (Å²) in [5, 5.41) is 12.1. The van der Waals surface area contributed by atoms with E-state index in [0.717, 1.165) is 19.6 Å². The van der Waals surface area contributed by atoms with E-state index in [1.165, 1.54) is 57.3 Å². The molecule has 3 nitrogen and oxygen atoms in total. The third kappa shape index (κ3) is 5.98. The molecule has 0 saturated carbocycles. The Kier molecular flexibility index (Phi) is 9.04. The molecule has 3 N–H and O–H groups in total. The molecule has 1 aliphatic heterocycles. The molecule has 0 radical (unpaired) electrons. The van der Waals surface area contributed by atoms with Gasteiger partial charge in [0.25, 0.3) is 0 Å². The van der Waals surface area contributed by atoms with E-state index < -0.39 is 7.06 Å². The molecule has 1 aliphatic rings. The van der Waals surface area contributed by atoms with Gasteiger partial charge in [0.2, 0.25) is 0 Å². The van der Waals surface area contributed by atoms with Crippen LogP contribution in [0.15, 0.2) is 12.2 Å². The van der Waals surface area contributed by atoms with Crippen molar-refractivity contribution in [2.45, 2.75) is 65.7 Å². The van der Waals surface area contributed by atoms with Crippen LogP contribution in [0.1, 0.15) is 65.7 Å². The fourth-order valence-electron chi connectivity index (χ4n) is 3.05. The van der Waals surface area contributed by atoms with Gasteiger partial charge in [-0.05, 0) is 0 Å². The van der Waals surface area contributed by atoms with Crippen molar-refractivity contribution in [3.63, 3.8) is 0 Å². The van der Waals surface area contributed by atoms with Gasteiger partial charge in [0.1, 0.15) is 0 Å². The van der Waals surface area contributed by atoms with E-state index in [1.807, 2.05) is 0 Å². The van der Waals surface area contributed by atoms with Gasteiger partial charge in [-0.15, -0.1) is 0 Å². The van der Waals surface area contributed by atoms with Crippen LogP contribution in [0.4, 0.5) is 0 Å². The van der Waals surface area contributed by atoms with Crippen molar-refractivity contribution < 1.29 is 0 Å². The third-order valence-corrected chi connectivity index (χ3v) is 9.76. The van der Waals surface area contributed by atoms with Gasteiger partial charge in [-0.25, -0.2) is 0 Å². The molecule has 0 aromatic carbocycles. The molecule has 4 heteroatoms. The Morgan fingerprint density at radius 1 is 0.762 bits per heavy atom. The summed E-state index contributed by atoms with van der Waals surface area (Å²) in [6.45, 7) is 10.2. The molecule has 0 atom stereocenters. The summed E-state index contributed by atoms with van der Waals surface area (Å²) >= 11 is 0. The molecule has 0 fully saturated rings. The number of nitrogens with one attached hydrogen (secondary N) is 3. The van der Waals surface area contributed by atoms with Gasteiger partial charge in [0, 0.05) is 0 Å². The molecule has 21 heavy (non-hydrogen) atoms. The molecule has 126 valence electrons. The monoisotopic (exact) mass is 315 g/mol. The summed E-state index contributed by atoms with van der Waals surface area (Å²) in [6.07, 6.45) is 16.0. The van der Waals surface area contributed by atoms with Gasteiger partial charge in [0.05, 0.1) is 0 Å². The van der Waals surface area contributed by atoms with Crippen LogP contribution in [-0.4, -0.2) is 32.0 Å². The van der Waals surface area contributed by atoms with Crippen LogP contribution in [0.2, 0.25) is 0 Å². The SMILES string of the molecule is CCCCNP1(NCCCC)(NCCCC)CC=CCC1. The van der Waals surface area contributed by atoms with E-state index in [0.29, 0.717) is 0 Å². The Morgan fingerprint density at radius 3 is 1.57 bits per heavy atom. The fraction of sp³-hybridized carbons (Fsp3) is 0.882. The minimum absolute atomic E-state index is 1.14. The van der Waals surface area contributed by atoms with Gasteiger partial charge >= 0.3 is 132 Å². The van der Waals surface area contributed by atoms with Crippen molar-refractivity contribution in [3.8, 4) is 0 Å². The van der Waals surface area contributed by atoms with Crippen LogP contribution in [-0.2, 0) is 0 Å². The Labute approximate surface area is 132 Å². The Bertz CT molecular complexity index is 275. The number of allylic oxidation sites excluding steroid dienone is 2. The van der Waals surface area contributed by atoms with Crippen molar-refractivity contribution in [3.05, 3.63) is 12.2 Å². The Balaban J connectivity index is 2.80. The number of hydrogen-bond donors (Lipinski definition) is 3. The standard InChI is InChI=1S/C17H38N3P/c1-4-7-13-18-21(19-14-8-5-2,20-15-9-6-3)16-11-10-12-17-21/h10-11,18-20H,4-9,12-17H2,1-3H3. The first kappa shape index (κ1) is 19.1. The van der Waals surface area contributed by atoms with Gasteiger partial charge in [-0.1, -0.05) is 0 Å². The zero-order chi connectivity index (χ0) is 15.5. The second-order valence-electron chi connectivity index (χ2n) is 6.46. The topological polar surface area (TPSA) is 36.1 Å². The van der Waals surface area contributed by atoms with Gasteiger partial charge in [-0.2, -0.15) is 0 Å². The number of hydrogen-bond acceptors (Lipinski definition) is 3. The fourth-order valence-corrected chi connectivity index (χ4v) is 7.86. The van der Waals surface area contributed by atoms with Gasteiger partial charge in [0.15, 0.2) is 0 Å². The molecule has 0 aromatic rings. The van der Waals surface area contributed by atoms with Crippen LogP contribution < -0.4 is 15.3 Å². The maximum atomic E-state index is 4.02. The van der Waals surface area contributed by atoms with Crippen molar-refractivity contribution in [2.24, 2.45) is 0 Å². The van der Waals surface area contributed by atoms with E-state index in [-0.39, 0.29) is 0 Å². The molecule has 0 bridgehead atoms. The van der Waals surface area contributed by atoms with Crippen LogP contribution in [0.5, 0.6) is 0 Å². The van der Waals surface area contributed by atoms with Crippen molar-refractivity contribution >= 4 is 7.06 Å². The van der Waals surface area contributed by atoms with Crippen LogP contribution >= 0.6 is 7.06 Å². The second-order valence-corrected chi connectivity index (χ2v) is 11.2. The summed E-state index contributed by atoms with van der Waals surface area (Å²) in [5.41, 5.74) is 0. The van der Waals surface area contributed by atoms with E-state index >= 15 is 0 Å². The summed E-state index contributed by atoms with van der Waals surface area (Å²) in [6, 6.07) is 0. The molecular weight excluding hydrogens is 277 g/mol. The molecule has 0 aromatic heterocycles. The molecule has 0 saturated heterocycles. The Hall–Kier alpha value is 0.0500. The van der Waals surface area contributed by atoms with Crippen molar-refractivity contribution in [1.29, 1.82) is 0 Å². The van der Waals surface area contributed by atoms with E-state index in [4.69, 9.17) is 0 Å². The zero-order valence-electron chi connectivity index (χ0n) is 14.6. The first-order valence-corrected chi connectivity index (χ1v) is 11.7. The first-order chi connectivity index (χ1) is 10.2. The van der Waals surface area contributed by atoms with E-state index in [9.17, 15) is 0 Å². The molecular formula is C17H38N3P. The summed E-state index contributed by atoms with van der Waals surface area (Å²) in [4.78, 5) is 0. The quantitative estimate of drug-likeness (QED) is 0.283. The summed E-state index contributed by atoms with van der Waals surface area (Å²) in [7, 11) is -2.17. The first-order valence-electron chi connectivity index (χ1n) is 9.14. The summed E-state index contributed by atoms with van der Waals surface area (Å²) < 4.78 is 0. The minimum atomic E-state index is -2.17. The van der Waals surface area contributed by atoms with Crippen molar-refractivity contribution in [1.82, 2.24) is 15.3 Å². The van der Waals surface area contributed by atoms with Crippen LogP contribution in [0, 0.1) is 0 Å². The van der Waals surface area contributed by atoms with E-state index in [2.05, 4.69) is 48.2 Å². The van der Waals surface area contributed by atoms with Crippen LogP contribution in [0.3, 0.4) is 0 Å². The van der Waals surface area contributed by atoms with Gasteiger partial charge in [-0.3, -0.25) is 0 Å². The normalized spacial score (nSPS) is 21.8.